The van der Waals surface area contributed by atoms with Gasteiger partial charge in [0.15, 0.2) is 0 Å². The van der Waals surface area contributed by atoms with Gasteiger partial charge in [-0.05, 0) is 37.1 Å². The first kappa shape index (κ1) is 12.7. The number of nitrogens with two attached hydrogens (primary N) is 1. The molecule has 17 heavy (non-hydrogen) atoms. The second-order valence-corrected chi connectivity index (χ2v) is 6.01. The smallest absolute Gasteiger partial charge is 0.106 e. The average molecular weight is 266 g/mol. The van der Waals surface area contributed by atoms with Crippen LogP contribution >= 0.6 is 24.0 Å². The number of thiocarbonyl (C=S) groups is 1. The van der Waals surface area contributed by atoms with Crippen molar-refractivity contribution in [3.05, 3.63) is 29.3 Å². The number of nitrogens with one attached hydrogen (secondary N) is 1. The second kappa shape index (κ2) is 5.74. The quantitative estimate of drug-likeness (QED) is 0.825. The van der Waals surface area contributed by atoms with Crippen LogP contribution in [0.2, 0.25) is 0 Å². The summed E-state index contributed by atoms with van der Waals surface area (Å²) in [5.74, 6) is 2.46. The van der Waals surface area contributed by atoms with Crippen molar-refractivity contribution in [2.75, 3.05) is 16.8 Å². The largest absolute Gasteiger partial charge is 0.389 e. The molecule has 0 saturated carbocycles. The van der Waals surface area contributed by atoms with Crippen LogP contribution in [-0.2, 0) is 0 Å². The summed E-state index contributed by atoms with van der Waals surface area (Å²) in [5.41, 5.74) is 9.07. The molecule has 4 heteroatoms. The van der Waals surface area contributed by atoms with Gasteiger partial charge in [0.05, 0.1) is 0 Å². The van der Waals surface area contributed by atoms with E-state index in [1.165, 1.54) is 29.9 Å². The van der Waals surface area contributed by atoms with E-state index in [0.717, 1.165) is 11.3 Å². The standard InChI is InChI=1S/C13H18N2S2/c1-9-4-2-6-11(13(14)16)12(9)15-10-5-3-7-17-8-10/h2,4,6,10,15H,3,5,7-8H2,1H3,(H2,14,16). The topological polar surface area (TPSA) is 38.0 Å². The van der Waals surface area contributed by atoms with E-state index in [1.807, 2.05) is 23.9 Å². The van der Waals surface area contributed by atoms with Gasteiger partial charge in [0, 0.05) is 23.0 Å². The van der Waals surface area contributed by atoms with Gasteiger partial charge in [-0.1, -0.05) is 24.4 Å². The molecule has 1 unspecified atom stereocenters. The van der Waals surface area contributed by atoms with Crippen LogP contribution in [0.15, 0.2) is 18.2 Å². The lowest BCUT2D eigenvalue weighted by Gasteiger charge is -2.25. The lowest BCUT2D eigenvalue weighted by Crippen LogP contribution is -2.27. The van der Waals surface area contributed by atoms with Crippen LogP contribution in [0.1, 0.15) is 24.0 Å². The Kier molecular flexibility index (Phi) is 4.29. The molecule has 0 spiro atoms. The van der Waals surface area contributed by atoms with Crippen molar-refractivity contribution in [2.24, 2.45) is 5.73 Å². The minimum absolute atomic E-state index is 0.472. The van der Waals surface area contributed by atoms with Crippen LogP contribution < -0.4 is 11.1 Å². The number of anilines is 1. The molecule has 0 amide bonds. The highest BCUT2D eigenvalue weighted by molar-refractivity contribution is 7.99. The van der Waals surface area contributed by atoms with Crippen molar-refractivity contribution in [2.45, 2.75) is 25.8 Å². The van der Waals surface area contributed by atoms with Gasteiger partial charge in [-0.15, -0.1) is 0 Å². The monoisotopic (exact) mass is 266 g/mol. The fourth-order valence-corrected chi connectivity index (χ4v) is 3.37. The van der Waals surface area contributed by atoms with Gasteiger partial charge in [0.2, 0.25) is 0 Å². The fraction of sp³-hybridized carbons (Fsp3) is 0.462. The van der Waals surface area contributed by atoms with Crippen LogP contribution in [0, 0.1) is 6.92 Å². The molecule has 0 aliphatic carbocycles. The molecule has 92 valence electrons. The van der Waals surface area contributed by atoms with Crippen molar-refractivity contribution in [3.8, 4) is 0 Å². The molecule has 0 bridgehead atoms. The summed E-state index contributed by atoms with van der Waals surface area (Å²) in [5, 5.41) is 3.61. The molecular formula is C13H18N2S2. The predicted molar refractivity (Wildman–Crippen MR) is 81.0 cm³/mol. The van der Waals surface area contributed by atoms with Gasteiger partial charge in [-0.3, -0.25) is 0 Å². The van der Waals surface area contributed by atoms with E-state index in [0.29, 0.717) is 11.0 Å². The number of thioether (sulfide) groups is 1. The number of rotatable bonds is 3. The molecule has 1 aliphatic rings. The SMILES string of the molecule is Cc1cccc(C(N)=S)c1NC1CCCSC1. The Morgan fingerprint density at radius 1 is 1.53 bits per heavy atom. The van der Waals surface area contributed by atoms with Crippen LogP contribution in [0.25, 0.3) is 0 Å². The Bertz CT molecular complexity index is 412. The summed E-state index contributed by atoms with van der Waals surface area (Å²) < 4.78 is 0. The van der Waals surface area contributed by atoms with E-state index < -0.39 is 0 Å². The molecule has 2 nitrogen and oxygen atoms in total. The molecule has 1 fully saturated rings. The predicted octanol–water partition coefficient (Wildman–Crippen LogP) is 2.94. The Hall–Kier alpha value is -0.740. The minimum Gasteiger partial charge on any atom is -0.389 e. The van der Waals surface area contributed by atoms with E-state index in [1.54, 1.807) is 0 Å². The van der Waals surface area contributed by atoms with Gasteiger partial charge >= 0.3 is 0 Å². The number of hydrogen-bond acceptors (Lipinski definition) is 3. The first-order valence-corrected chi connectivity index (χ1v) is 7.48. The van der Waals surface area contributed by atoms with Crippen LogP contribution in [0.5, 0.6) is 0 Å². The molecule has 1 atom stereocenters. The molecule has 1 saturated heterocycles. The van der Waals surface area contributed by atoms with Crippen molar-refractivity contribution in [3.63, 3.8) is 0 Å². The zero-order valence-corrected chi connectivity index (χ0v) is 11.7. The maximum absolute atomic E-state index is 5.77. The van der Waals surface area contributed by atoms with Crippen LogP contribution in [0.4, 0.5) is 5.69 Å². The Labute approximate surface area is 112 Å². The number of aryl methyl sites for hydroxylation is 1. The number of benzene rings is 1. The number of para-hydroxylation sites is 1. The fourth-order valence-electron chi connectivity index (χ4n) is 2.12. The van der Waals surface area contributed by atoms with E-state index in [-0.39, 0.29) is 0 Å². The van der Waals surface area contributed by atoms with E-state index in [9.17, 15) is 0 Å². The minimum atomic E-state index is 0.472. The summed E-state index contributed by atoms with van der Waals surface area (Å²) in [6.45, 7) is 2.10. The van der Waals surface area contributed by atoms with Crippen LogP contribution in [-0.4, -0.2) is 22.5 Å². The van der Waals surface area contributed by atoms with Gasteiger partial charge < -0.3 is 11.1 Å². The summed E-state index contributed by atoms with van der Waals surface area (Å²) >= 11 is 7.13. The van der Waals surface area contributed by atoms with Gasteiger partial charge in [-0.2, -0.15) is 11.8 Å². The van der Waals surface area contributed by atoms with Crippen molar-refractivity contribution < 1.29 is 0 Å². The Morgan fingerprint density at radius 2 is 2.35 bits per heavy atom. The third-order valence-electron chi connectivity index (χ3n) is 3.05. The third-order valence-corrected chi connectivity index (χ3v) is 4.48. The van der Waals surface area contributed by atoms with E-state index >= 15 is 0 Å². The first-order chi connectivity index (χ1) is 8.18. The Balaban J connectivity index is 2.21. The maximum Gasteiger partial charge on any atom is 0.106 e. The maximum atomic E-state index is 5.77. The van der Waals surface area contributed by atoms with Gasteiger partial charge in [0.1, 0.15) is 4.99 Å². The molecule has 3 N–H and O–H groups in total. The molecule has 1 heterocycles. The summed E-state index contributed by atoms with van der Waals surface area (Å²) in [6.07, 6.45) is 2.52. The lowest BCUT2D eigenvalue weighted by molar-refractivity contribution is 0.684. The highest BCUT2D eigenvalue weighted by Crippen LogP contribution is 2.25. The summed E-state index contributed by atoms with van der Waals surface area (Å²) in [6, 6.07) is 6.64. The molecule has 1 aromatic rings. The van der Waals surface area contributed by atoms with Gasteiger partial charge in [0.25, 0.3) is 0 Å². The summed E-state index contributed by atoms with van der Waals surface area (Å²) in [4.78, 5) is 0.472. The normalized spacial score (nSPS) is 19.9. The van der Waals surface area contributed by atoms with Crippen molar-refractivity contribution in [1.82, 2.24) is 0 Å². The molecule has 0 radical (unpaired) electrons. The highest BCUT2D eigenvalue weighted by atomic mass is 32.2. The summed E-state index contributed by atoms with van der Waals surface area (Å²) in [7, 11) is 0. The highest BCUT2D eigenvalue weighted by Gasteiger charge is 2.16. The zero-order chi connectivity index (χ0) is 12.3. The molecule has 0 aromatic heterocycles. The Morgan fingerprint density at radius 3 is 3.00 bits per heavy atom. The second-order valence-electron chi connectivity index (χ2n) is 4.42. The lowest BCUT2D eigenvalue weighted by atomic mass is 10.1. The van der Waals surface area contributed by atoms with Crippen molar-refractivity contribution in [1.29, 1.82) is 0 Å². The zero-order valence-electron chi connectivity index (χ0n) is 10.0. The average Bonchev–Trinajstić information content (AvgIpc) is 2.33. The number of hydrogen-bond donors (Lipinski definition) is 2. The van der Waals surface area contributed by atoms with E-state index in [2.05, 4.69) is 18.3 Å². The molecular weight excluding hydrogens is 248 g/mol. The molecule has 2 rings (SSSR count). The van der Waals surface area contributed by atoms with Crippen LogP contribution in [0.3, 0.4) is 0 Å². The van der Waals surface area contributed by atoms with Crippen molar-refractivity contribution >= 4 is 34.7 Å². The third kappa shape index (κ3) is 3.13. The first-order valence-electron chi connectivity index (χ1n) is 5.92. The molecule has 1 aliphatic heterocycles. The van der Waals surface area contributed by atoms with Gasteiger partial charge in [-0.25, -0.2) is 0 Å². The molecule has 1 aromatic carbocycles. The van der Waals surface area contributed by atoms with E-state index in [4.69, 9.17) is 18.0 Å².